The maximum absolute atomic E-state index is 12.8. The Bertz CT molecular complexity index is 1240. The van der Waals surface area contributed by atoms with E-state index in [-0.39, 0.29) is 11.9 Å². The van der Waals surface area contributed by atoms with Gasteiger partial charge in [0, 0.05) is 50.6 Å². The van der Waals surface area contributed by atoms with E-state index < -0.39 is 6.04 Å². The van der Waals surface area contributed by atoms with Crippen LogP contribution in [0.25, 0.3) is 0 Å². The molecule has 1 aromatic heterocycles. The minimum atomic E-state index is -0.481. The van der Waals surface area contributed by atoms with Crippen LogP contribution in [0.4, 0.5) is 5.69 Å². The third-order valence-electron chi connectivity index (χ3n) is 7.36. The lowest BCUT2D eigenvalue weighted by atomic mass is 10.1. The average molecular weight is 548 g/mol. The number of thiophene rings is 1. The molecule has 2 fully saturated rings. The van der Waals surface area contributed by atoms with Gasteiger partial charge in [0.05, 0.1) is 12.3 Å². The van der Waals surface area contributed by atoms with Crippen LogP contribution in [0.5, 0.6) is 11.5 Å². The lowest BCUT2D eigenvalue weighted by Crippen LogP contribution is -2.46. The number of hydrogen-bond acceptors (Lipinski definition) is 7. The standard InChI is InChI=1S/C31H37N3O4S/c1-2-37-31(36)28-13-7-9-15-30(35)34(28)21-24-20-26(39-23-24)22-32-16-18-33(19-17-32)27-12-6-8-14-29(27)38-25-10-4-3-5-11-25/h3-6,8,10-12,14,20,23,28H,2,7,9,13,15-19,21-22H2,1H3. The van der Waals surface area contributed by atoms with E-state index in [1.54, 1.807) is 16.2 Å². The highest BCUT2D eigenvalue weighted by Gasteiger charge is 2.33. The molecule has 0 spiro atoms. The first-order valence-electron chi connectivity index (χ1n) is 13.9. The van der Waals surface area contributed by atoms with Crippen molar-refractivity contribution >= 4 is 28.9 Å². The van der Waals surface area contributed by atoms with Crippen molar-refractivity contribution in [2.24, 2.45) is 0 Å². The minimum absolute atomic E-state index is 0.0472. The fraction of sp³-hybridized carbons (Fsp3) is 0.419. The van der Waals surface area contributed by atoms with Crippen molar-refractivity contribution in [2.45, 2.75) is 51.7 Å². The summed E-state index contributed by atoms with van der Waals surface area (Å²) in [5, 5.41) is 2.13. The first kappa shape index (κ1) is 27.2. The van der Waals surface area contributed by atoms with E-state index in [0.29, 0.717) is 26.0 Å². The van der Waals surface area contributed by atoms with Crippen LogP contribution >= 0.6 is 11.3 Å². The van der Waals surface area contributed by atoms with Crippen molar-refractivity contribution in [1.29, 1.82) is 0 Å². The van der Waals surface area contributed by atoms with Crippen LogP contribution in [0.1, 0.15) is 43.0 Å². The highest BCUT2D eigenvalue weighted by atomic mass is 32.1. The molecule has 2 aliphatic rings. The second kappa shape index (κ2) is 13.1. The number of carbonyl (C=O) groups is 2. The molecule has 0 aliphatic carbocycles. The van der Waals surface area contributed by atoms with Gasteiger partial charge in [-0.2, -0.15) is 0 Å². The molecule has 1 atom stereocenters. The number of hydrogen-bond donors (Lipinski definition) is 0. The fourth-order valence-electron chi connectivity index (χ4n) is 5.35. The first-order chi connectivity index (χ1) is 19.1. The Hall–Kier alpha value is -3.36. The summed E-state index contributed by atoms with van der Waals surface area (Å²) >= 11 is 1.73. The quantitative estimate of drug-likeness (QED) is 0.321. The highest BCUT2D eigenvalue weighted by Crippen LogP contribution is 2.33. The van der Waals surface area contributed by atoms with E-state index in [1.165, 1.54) is 4.88 Å². The van der Waals surface area contributed by atoms with Gasteiger partial charge in [-0.25, -0.2) is 4.79 Å². The van der Waals surface area contributed by atoms with Gasteiger partial charge in [-0.05, 0) is 61.0 Å². The van der Waals surface area contributed by atoms with E-state index in [0.717, 1.165) is 68.3 Å². The fourth-order valence-corrected chi connectivity index (χ4v) is 6.27. The van der Waals surface area contributed by atoms with Crippen LogP contribution < -0.4 is 9.64 Å². The molecule has 0 saturated carbocycles. The monoisotopic (exact) mass is 547 g/mol. The molecule has 3 aromatic rings. The summed E-state index contributed by atoms with van der Waals surface area (Å²) in [6, 6.07) is 19.9. The minimum Gasteiger partial charge on any atom is -0.464 e. The van der Waals surface area contributed by atoms with Crippen molar-refractivity contribution in [1.82, 2.24) is 9.80 Å². The lowest BCUT2D eigenvalue weighted by molar-refractivity contribution is -0.155. The molecule has 3 heterocycles. The summed E-state index contributed by atoms with van der Waals surface area (Å²) in [6.45, 7) is 7.27. The van der Waals surface area contributed by atoms with Gasteiger partial charge in [0.15, 0.2) is 5.75 Å². The summed E-state index contributed by atoms with van der Waals surface area (Å²) in [5.74, 6) is 1.49. The van der Waals surface area contributed by atoms with Crippen LogP contribution in [-0.2, 0) is 27.4 Å². The average Bonchev–Trinajstić information content (AvgIpc) is 3.31. The Morgan fingerprint density at radius 3 is 2.54 bits per heavy atom. The predicted octanol–water partition coefficient (Wildman–Crippen LogP) is 5.70. The van der Waals surface area contributed by atoms with Crippen LogP contribution in [0, 0.1) is 0 Å². The number of anilines is 1. The van der Waals surface area contributed by atoms with Gasteiger partial charge >= 0.3 is 5.97 Å². The molecule has 5 rings (SSSR count). The Kier molecular flexibility index (Phi) is 9.16. The van der Waals surface area contributed by atoms with Gasteiger partial charge in [0.25, 0.3) is 0 Å². The van der Waals surface area contributed by atoms with Crippen LogP contribution in [0.3, 0.4) is 0 Å². The van der Waals surface area contributed by atoms with Crippen molar-refractivity contribution in [2.75, 3.05) is 37.7 Å². The summed E-state index contributed by atoms with van der Waals surface area (Å²) in [5.41, 5.74) is 2.21. The van der Waals surface area contributed by atoms with Gasteiger partial charge in [-0.1, -0.05) is 36.8 Å². The zero-order valence-electron chi connectivity index (χ0n) is 22.6. The largest absolute Gasteiger partial charge is 0.464 e. The number of piperazine rings is 1. The van der Waals surface area contributed by atoms with Crippen LogP contribution in [0.2, 0.25) is 0 Å². The zero-order chi connectivity index (χ0) is 27.0. The Balaban J connectivity index is 1.17. The third kappa shape index (κ3) is 6.99. The SMILES string of the molecule is CCOC(=O)C1CCCCC(=O)N1Cc1csc(CN2CCN(c3ccccc3Oc3ccccc3)CC2)c1. The summed E-state index contributed by atoms with van der Waals surface area (Å²) in [4.78, 5) is 33.3. The molecule has 1 amide bonds. The number of ether oxygens (including phenoxy) is 2. The Morgan fingerprint density at radius 1 is 0.974 bits per heavy atom. The molecule has 0 N–H and O–H groups in total. The number of esters is 1. The number of likely N-dealkylation sites (tertiary alicyclic amines) is 1. The molecule has 0 bridgehead atoms. The highest BCUT2D eigenvalue weighted by molar-refractivity contribution is 7.10. The zero-order valence-corrected chi connectivity index (χ0v) is 23.4. The molecule has 206 valence electrons. The second-order valence-electron chi connectivity index (χ2n) is 10.1. The number of rotatable bonds is 9. The maximum atomic E-state index is 12.8. The van der Waals surface area contributed by atoms with Crippen molar-refractivity contribution < 1.29 is 19.1 Å². The van der Waals surface area contributed by atoms with Gasteiger partial charge in [0.1, 0.15) is 11.8 Å². The molecule has 39 heavy (non-hydrogen) atoms. The van der Waals surface area contributed by atoms with Crippen LogP contribution in [0.15, 0.2) is 66.0 Å². The van der Waals surface area contributed by atoms with Gasteiger partial charge in [0.2, 0.25) is 5.91 Å². The number of para-hydroxylation sites is 3. The summed E-state index contributed by atoms with van der Waals surface area (Å²) in [6.07, 6.45) is 2.87. The summed E-state index contributed by atoms with van der Waals surface area (Å²) < 4.78 is 11.5. The van der Waals surface area contributed by atoms with Gasteiger partial charge < -0.3 is 19.3 Å². The second-order valence-corrected chi connectivity index (χ2v) is 11.1. The molecule has 8 heteroatoms. The van der Waals surface area contributed by atoms with E-state index in [9.17, 15) is 9.59 Å². The number of benzene rings is 2. The molecule has 2 aliphatic heterocycles. The van der Waals surface area contributed by atoms with Gasteiger partial charge in [-0.3, -0.25) is 9.69 Å². The molecule has 0 radical (unpaired) electrons. The first-order valence-corrected chi connectivity index (χ1v) is 14.8. The maximum Gasteiger partial charge on any atom is 0.328 e. The molecule has 2 aromatic carbocycles. The van der Waals surface area contributed by atoms with Crippen molar-refractivity contribution in [3.63, 3.8) is 0 Å². The number of nitrogens with zero attached hydrogens (tertiary/aromatic N) is 3. The van der Waals surface area contributed by atoms with Crippen LogP contribution in [-0.4, -0.2) is 60.5 Å². The number of amides is 1. The lowest BCUT2D eigenvalue weighted by Gasteiger charge is -2.36. The predicted molar refractivity (Wildman–Crippen MR) is 154 cm³/mol. The Labute approximate surface area is 234 Å². The van der Waals surface area contributed by atoms with Crippen molar-refractivity contribution in [3.8, 4) is 11.5 Å². The van der Waals surface area contributed by atoms with Gasteiger partial charge in [-0.15, -0.1) is 11.3 Å². The number of carbonyl (C=O) groups excluding carboxylic acids is 2. The van der Waals surface area contributed by atoms with E-state index in [2.05, 4.69) is 33.4 Å². The molecular weight excluding hydrogens is 510 g/mol. The topological polar surface area (TPSA) is 62.3 Å². The third-order valence-corrected chi connectivity index (χ3v) is 8.33. The Morgan fingerprint density at radius 2 is 1.74 bits per heavy atom. The smallest absolute Gasteiger partial charge is 0.328 e. The molecule has 2 saturated heterocycles. The molecule has 1 unspecified atom stereocenters. The summed E-state index contributed by atoms with van der Waals surface area (Å²) in [7, 11) is 0. The normalized spacial score (nSPS) is 18.6. The van der Waals surface area contributed by atoms with Crippen molar-refractivity contribution in [3.05, 3.63) is 76.5 Å². The van der Waals surface area contributed by atoms with E-state index in [1.807, 2.05) is 49.4 Å². The molecule has 7 nitrogen and oxygen atoms in total. The van der Waals surface area contributed by atoms with E-state index >= 15 is 0 Å². The van der Waals surface area contributed by atoms with E-state index in [4.69, 9.17) is 9.47 Å². The molecular formula is C31H37N3O4S.